The maximum atomic E-state index is 11.7. The van der Waals surface area contributed by atoms with Crippen LogP contribution in [0.5, 0.6) is 5.75 Å². The first kappa shape index (κ1) is 20.0. The van der Waals surface area contributed by atoms with E-state index in [9.17, 15) is 4.79 Å². The minimum Gasteiger partial charge on any atom is -0.491 e. The smallest absolute Gasteiger partial charge is 0.308 e. The van der Waals surface area contributed by atoms with Crippen LogP contribution in [-0.2, 0) is 9.53 Å². The SMILES string of the molecule is CCNC(=NCCOc1cccc2ccccc12)N1CCC(C(=O)OC)CC1. The normalized spacial score (nSPS) is 15.5. The van der Waals surface area contributed by atoms with Crippen molar-refractivity contribution in [3.05, 3.63) is 42.5 Å². The first-order chi connectivity index (χ1) is 13.7. The van der Waals surface area contributed by atoms with E-state index in [-0.39, 0.29) is 11.9 Å². The maximum absolute atomic E-state index is 11.7. The number of piperidine rings is 1. The highest BCUT2D eigenvalue weighted by atomic mass is 16.5. The van der Waals surface area contributed by atoms with Crippen molar-refractivity contribution in [3.8, 4) is 5.75 Å². The van der Waals surface area contributed by atoms with Gasteiger partial charge in [-0.25, -0.2) is 4.99 Å². The number of fused-ring (bicyclic) bond motifs is 1. The van der Waals surface area contributed by atoms with Crippen LogP contribution in [0.2, 0.25) is 0 Å². The highest BCUT2D eigenvalue weighted by Crippen LogP contribution is 2.25. The number of hydrogen-bond donors (Lipinski definition) is 1. The first-order valence-electron chi connectivity index (χ1n) is 9.94. The predicted molar refractivity (Wildman–Crippen MR) is 112 cm³/mol. The molecule has 1 N–H and O–H groups in total. The molecular weight excluding hydrogens is 354 g/mol. The van der Waals surface area contributed by atoms with Gasteiger partial charge in [0.05, 0.1) is 19.6 Å². The fourth-order valence-electron chi connectivity index (χ4n) is 3.55. The molecule has 0 aliphatic carbocycles. The summed E-state index contributed by atoms with van der Waals surface area (Å²) in [5.41, 5.74) is 0. The van der Waals surface area contributed by atoms with Crippen molar-refractivity contribution in [2.24, 2.45) is 10.9 Å². The van der Waals surface area contributed by atoms with Gasteiger partial charge in [0.25, 0.3) is 0 Å². The monoisotopic (exact) mass is 383 g/mol. The summed E-state index contributed by atoms with van der Waals surface area (Å²) in [5, 5.41) is 5.63. The highest BCUT2D eigenvalue weighted by Gasteiger charge is 2.26. The second-order valence-corrected chi connectivity index (χ2v) is 6.85. The number of methoxy groups -OCH3 is 1. The van der Waals surface area contributed by atoms with Gasteiger partial charge in [0, 0.05) is 25.0 Å². The second kappa shape index (κ2) is 9.97. The summed E-state index contributed by atoms with van der Waals surface area (Å²) >= 11 is 0. The zero-order chi connectivity index (χ0) is 19.8. The number of nitrogens with one attached hydrogen (secondary N) is 1. The molecule has 1 saturated heterocycles. The van der Waals surface area contributed by atoms with Crippen LogP contribution in [-0.4, -0.2) is 56.7 Å². The molecule has 0 saturated carbocycles. The van der Waals surface area contributed by atoms with Crippen molar-refractivity contribution in [1.82, 2.24) is 10.2 Å². The molecule has 1 aliphatic rings. The summed E-state index contributed by atoms with van der Waals surface area (Å²) in [7, 11) is 1.45. The molecule has 1 aliphatic heterocycles. The number of carbonyl (C=O) groups excluding carboxylic acids is 1. The number of benzene rings is 2. The van der Waals surface area contributed by atoms with Gasteiger partial charge in [0.15, 0.2) is 5.96 Å². The van der Waals surface area contributed by atoms with E-state index in [1.54, 1.807) is 0 Å². The van der Waals surface area contributed by atoms with Gasteiger partial charge >= 0.3 is 5.97 Å². The molecular formula is C22H29N3O3. The summed E-state index contributed by atoms with van der Waals surface area (Å²) in [4.78, 5) is 18.6. The van der Waals surface area contributed by atoms with Gasteiger partial charge in [-0.05, 0) is 31.2 Å². The predicted octanol–water partition coefficient (Wildman–Crippen LogP) is 3.07. The van der Waals surface area contributed by atoms with Crippen LogP contribution in [0.3, 0.4) is 0 Å². The first-order valence-corrected chi connectivity index (χ1v) is 9.94. The quantitative estimate of drug-likeness (QED) is 0.359. The topological polar surface area (TPSA) is 63.2 Å². The molecule has 6 nitrogen and oxygen atoms in total. The lowest BCUT2D eigenvalue weighted by Crippen LogP contribution is -2.46. The van der Waals surface area contributed by atoms with Gasteiger partial charge in [-0.3, -0.25) is 4.79 Å². The van der Waals surface area contributed by atoms with E-state index in [4.69, 9.17) is 14.5 Å². The molecule has 1 heterocycles. The van der Waals surface area contributed by atoms with Crippen LogP contribution in [0.4, 0.5) is 0 Å². The lowest BCUT2D eigenvalue weighted by molar-refractivity contribution is -0.146. The average Bonchev–Trinajstić information content (AvgIpc) is 2.75. The van der Waals surface area contributed by atoms with Crippen LogP contribution < -0.4 is 10.1 Å². The number of ether oxygens (including phenoxy) is 2. The zero-order valence-corrected chi connectivity index (χ0v) is 16.7. The highest BCUT2D eigenvalue weighted by molar-refractivity contribution is 5.88. The van der Waals surface area contributed by atoms with Gasteiger partial charge in [-0.15, -0.1) is 0 Å². The molecule has 0 spiro atoms. The Morgan fingerprint density at radius 3 is 2.68 bits per heavy atom. The number of aliphatic imine (C=N–C) groups is 1. The van der Waals surface area contributed by atoms with E-state index in [1.165, 1.54) is 12.5 Å². The Hall–Kier alpha value is -2.76. The van der Waals surface area contributed by atoms with Gasteiger partial charge in [-0.1, -0.05) is 36.4 Å². The molecule has 150 valence electrons. The third-order valence-corrected chi connectivity index (χ3v) is 5.02. The summed E-state index contributed by atoms with van der Waals surface area (Å²) in [6, 6.07) is 14.3. The molecule has 1 fully saturated rings. The second-order valence-electron chi connectivity index (χ2n) is 6.85. The van der Waals surface area contributed by atoms with Gasteiger partial charge in [-0.2, -0.15) is 0 Å². The molecule has 0 bridgehead atoms. The Kier molecular flexibility index (Phi) is 7.12. The minimum absolute atomic E-state index is 0.00109. The molecule has 2 aromatic rings. The van der Waals surface area contributed by atoms with E-state index in [1.807, 2.05) is 24.3 Å². The number of hydrogen-bond acceptors (Lipinski definition) is 4. The Labute approximate surface area is 166 Å². The molecule has 3 rings (SSSR count). The lowest BCUT2D eigenvalue weighted by Gasteiger charge is -2.33. The number of likely N-dealkylation sites (tertiary alicyclic amines) is 1. The van der Waals surface area contributed by atoms with Crippen LogP contribution in [0.25, 0.3) is 10.8 Å². The Morgan fingerprint density at radius 1 is 1.18 bits per heavy atom. The summed E-state index contributed by atoms with van der Waals surface area (Å²) in [5.74, 6) is 1.66. The minimum atomic E-state index is -0.106. The van der Waals surface area contributed by atoms with E-state index < -0.39 is 0 Å². The average molecular weight is 383 g/mol. The van der Waals surface area contributed by atoms with Crippen LogP contribution >= 0.6 is 0 Å². The van der Waals surface area contributed by atoms with Crippen LogP contribution in [0.15, 0.2) is 47.5 Å². The summed E-state index contributed by atoms with van der Waals surface area (Å²) in [6.07, 6.45) is 1.59. The number of guanidine groups is 1. The van der Waals surface area contributed by atoms with Crippen molar-refractivity contribution in [2.75, 3.05) is 39.9 Å². The van der Waals surface area contributed by atoms with Gasteiger partial charge in [0.1, 0.15) is 12.4 Å². The molecule has 0 atom stereocenters. The van der Waals surface area contributed by atoms with Crippen molar-refractivity contribution in [2.45, 2.75) is 19.8 Å². The summed E-state index contributed by atoms with van der Waals surface area (Å²) in [6.45, 7) is 5.55. The molecule has 2 aromatic carbocycles. The van der Waals surface area contributed by atoms with Crippen LogP contribution in [0.1, 0.15) is 19.8 Å². The summed E-state index contributed by atoms with van der Waals surface area (Å²) < 4.78 is 10.8. The zero-order valence-electron chi connectivity index (χ0n) is 16.7. The van der Waals surface area contributed by atoms with Crippen molar-refractivity contribution < 1.29 is 14.3 Å². The third-order valence-electron chi connectivity index (χ3n) is 5.02. The van der Waals surface area contributed by atoms with Crippen molar-refractivity contribution in [3.63, 3.8) is 0 Å². The number of rotatable bonds is 6. The standard InChI is InChI=1S/C22H29N3O3/c1-3-23-22(25-14-11-18(12-15-25)21(26)27-2)24-13-16-28-20-10-6-8-17-7-4-5-9-19(17)20/h4-10,18H,3,11-16H2,1-2H3,(H,23,24). The van der Waals surface area contributed by atoms with E-state index in [0.29, 0.717) is 13.2 Å². The van der Waals surface area contributed by atoms with Crippen molar-refractivity contribution in [1.29, 1.82) is 0 Å². The Bertz CT molecular complexity index is 808. The fourth-order valence-corrected chi connectivity index (χ4v) is 3.55. The molecule has 0 amide bonds. The maximum Gasteiger partial charge on any atom is 0.308 e. The Morgan fingerprint density at radius 2 is 1.93 bits per heavy atom. The van der Waals surface area contributed by atoms with Crippen molar-refractivity contribution >= 4 is 22.7 Å². The molecule has 6 heteroatoms. The van der Waals surface area contributed by atoms with Gasteiger partial charge in [0.2, 0.25) is 0 Å². The molecule has 0 aromatic heterocycles. The van der Waals surface area contributed by atoms with E-state index >= 15 is 0 Å². The molecule has 28 heavy (non-hydrogen) atoms. The van der Waals surface area contributed by atoms with Crippen LogP contribution in [0, 0.1) is 5.92 Å². The number of esters is 1. The molecule has 0 unspecified atom stereocenters. The lowest BCUT2D eigenvalue weighted by atomic mass is 9.97. The fraction of sp³-hybridized carbons (Fsp3) is 0.455. The van der Waals surface area contributed by atoms with Gasteiger partial charge < -0.3 is 19.7 Å². The molecule has 0 radical (unpaired) electrons. The number of nitrogens with zero attached hydrogens (tertiary/aromatic N) is 2. The number of carbonyl (C=O) groups is 1. The largest absolute Gasteiger partial charge is 0.491 e. The van der Waals surface area contributed by atoms with E-state index in [0.717, 1.165) is 49.6 Å². The Balaban J connectivity index is 1.55. The van der Waals surface area contributed by atoms with E-state index in [2.05, 4.69) is 35.3 Å². The third kappa shape index (κ3) is 4.94.